The molecule has 0 bridgehead atoms. The molecule has 2 rings (SSSR count). The van der Waals surface area contributed by atoms with Gasteiger partial charge in [-0.1, -0.05) is 0 Å². The molecule has 2 aromatic rings. The number of amides is 1. The van der Waals surface area contributed by atoms with Gasteiger partial charge in [0.25, 0.3) is 5.91 Å². The van der Waals surface area contributed by atoms with Crippen LogP contribution in [0.15, 0.2) is 30.3 Å². The molecular weight excluding hydrogens is 334 g/mol. The molecule has 0 atom stereocenters. The molecule has 0 aliphatic rings. The van der Waals surface area contributed by atoms with Crippen LogP contribution >= 0.6 is 0 Å². The minimum absolute atomic E-state index is 0.0164. The molecular formula is C16H13NO8. The van der Waals surface area contributed by atoms with Gasteiger partial charge in [-0.3, -0.25) is 9.59 Å². The first-order chi connectivity index (χ1) is 11.7. The van der Waals surface area contributed by atoms with Crippen LogP contribution in [0.5, 0.6) is 17.2 Å². The first-order valence-electron chi connectivity index (χ1n) is 6.83. The Hall–Kier alpha value is -3.75. The molecule has 25 heavy (non-hydrogen) atoms. The van der Waals surface area contributed by atoms with Gasteiger partial charge in [0.1, 0.15) is 22.8 Å². The van der Waals surface area contributed by atoms with Crippen LogP contribution < -0.4 is 5.32 Å². The third-order valence-corrected chi connectivity index (χ3v) is 3.24. The Morgan fingerprint density at radius 3 is 2.20 bits per heavy atom. The fourth-order valence-electron chi connectivity index (χ4n) is 2.13. The fraction of sp³-hybridized carbons (Fsp3) is 0.0625. The van der Waals surface area contributed by atoms with E-state index in [1.54, 1.807) is 0 Å². The lowest BCUT2D eigenvalue weighted by Gasteiger charge is -2.11. The molecule has 2 aromatic carbocycles. The molecule has 0 heterocycles. The van der Waals surface area contributed by atoms with Crippen molar-refractivity contribution < 1.29 is 39.9 Å². The van der Waals surface area contributed by atoms with E-state index in [0.29, 0.717) is 0 Å². The number of aromatic carboxylic acids is 1. The molecule has 0 aliphatic carbocycles. The molecule has 130 valence electrons. The standard InChI is InChI=1S/C16H13NO8/c18-9-3-7(4-13(20)21)14(22)11(6-9)15(23)17-8-1-2-12(19)10(5-8)16(24)25/h1-3,5-6,18-19,22H,4H2,(H,17,23)(H,20,21)(H,24,25). The Balaban J connectivity index is 2.36. The summed E-state index contributed by atoms with van der Waals surface area (Å²) in [5.41, 5.74) is -0.969. The summed E-state index contributed by atoms with van der Waals surface area (Å²) >= 11 is 0. The summed E-state index contributed by atoms with van der Waals surface area (Å²) < 4.78 is 0. The van der Waals surface area contributed by atoms with Crippen LogP contribution in [0.2, 0.25) is 0 Å². The number of carboxylic acid groups (broad SMARTS) is 2. The molecule has 0 saturated carbocycles. The van der Waals surface area contributed by atoms with Crippen molar-refractivity contribution >= 4 is 23.5 Å². The number of hydrogen-bond acceptors (Lipinski definition) is 6. The van der Waals surface area contributed by atoms with Crippen LogP contribution in [0.4, 0.5) is 5.69 Å². The quantitative estimate of drug-likeness (QED) is 0.441. The van der Waals surface area contributed by atoms with Gasteiger partial charge in [-0.05, 0) is 30.3 Å². The minimum Gasteiger partial charge on any atom is -0.508 e. The summed E-state index contributed by atoms with van der Waals surface area (Å²) in [5.74, 6) is -5.10. The van der Waals surface area contributed by atoms with Gasteiger partial charge in [-0.25, -0.2) is 4.79 Å². The van der Waals surface area contributed by atoms with E-state index < -0.39 is 47.1 Å². The van der Waals surface area contributed by atoms with E-state index in [0.717, 1.165) is 24.3 Å². The number of hydrogen-bond donors (Lipinski definition) is 6. The second-order valence-corrected chi connectivity index (χ2v) is 5.06. The normalized spacial score (nSPS) is 10.2. The molecule has 0 spiro atoms. The van der Waals surface area contributed by atoms with E-state index in [-0.39, 0.29) is 16.8 Å². The van der Waals surface area contributed by atoms with Crippen LogP contribution in [0.3, 0.4) is 0 Å². The number of anilines is 1. The number of aromatic hydroxyl groups is 3. The van der Waals surface area contributed by atoms with Gasteiger partial charge < -0.3 is 30.8 Å². The third kappa shape index (κ3) is 3.96. The van der Waals surface area contributed by atoms with E-state index >= 15 is 0 Å². The average molecular weight is 347 g/mol. The highest BCUT2D eigenvalue weighted by Gasteiger charge is 2.19. The molecule has 0 radical (unpaired) electrons. The summed E-state index contributed by atoms with van der Waals surface area (Å²) in [6.07, 6.45) is -0.608. The number of nitrogens with one attached hydrogen (secondary N) is 1. The van der Waals surface area contributed by atoms with Crippen LogP contribution in [-0.2, 0) is 11.2 Å². The van der Waals surface area contributed by atoms with Crippen LogP contribution in [0.25, 0.3) is 0 Å². The largest absolute Gasteiger partial charge is 0.508 e. The van der Waals surface area contributed by atoms with Crippen molar-refractivity contribution in [3.63, 3.8) is 0 Å². The molecule has 0 fully saturated rings. The lowest BCUT2D eigenvalue weighted by Crippen LogP contribution is -2.14. The lowest BCUT2D eigenvalue weighted by molar-refractivity contribution is -0.136. The SMILES string of the molecule is O=C(O)Cc1cc(O)cc(C(=O)Nc2ccc(O)c(C(=O)O)c2)c1O. The van der Waals surface area contributed by atoms with E-state index in [1.807, 2.05) is 0 Å². The summed E-state index contributed by atoms with van der Waals surface area (Å²) in [5, 5.41) is 49.1. The van der Waals surface area contributed by atoms with Gasteiger partial charge in [-0.2, -0.15) is 0 Å². The summed E-state index contributed by atoms with van der Waals surface area (Å²) in [6, 6.07) is 5.26. The number of phenolic OH excluding ortho intramolecular Hbond substituents is 2. The van der Waals surface area contributed by atoms with E-state index in [1.165, 1.54) is 6.07 Å². The number of carbonyl (C=O) groups excluding carboxylic acids is 1. The summed E-state index contributed by atoms with van der Waals surface area (Å²) in [4.78, 5) is 34.0. The average Bonchev–Trinajstić information content (AvgIpc) is 2.51. The minimum atomic E-state index is -1.41. The molecule has 0 unspecified atom stereocenters. The van der Waals surface area contributed by atoms with Gasteiger partial charge in [0.15, 0.2) is 0 Å². The van der Waals surface area contributed by atoms with Gasteiger partial charge in [0.2, 0.25) is 0 Å². The number of rotatable bonds is 5. The van der Waals surface area contributed by atoms with Crippen LogP contribution in [0, 0.1) is 0 Å². The first kappa shape index (κ1) is 17.6. The molecule has 0 aliphatic heterocycles. The Bertz CT molecular complexity index is 875. The highest BCUT2D eigenvalue weighted by atomic mass is 16.4. The third-order valence-electron chi connectivity index (χ3n) is 3.24. The maximum absolute atomic E-state index is 12.3. The van der Waals surface area contributed by atoms with Crippen molar-refractivity contribution in [2.45, 2.75) is 6.42 Å². The second kappa shape index (κ2) is 6.79. The molecule has 6 N–H and O–H groups in total. The molecule has 0 saturated heterocycles. The number of phenols is 3. The van der Waals surface area contributed by atoms with Crippen molar-refractivity contribution in [3.8, 4) is 17.2 Å². The number of aliphatic carboxylic acids is 1. The smallest absolute Gasteiger partial charge is 0.339 e. The Kier molecular flexibility index (Phi) is 4.78. The van der Waals surface area contributed by atoms with Crippen LogP contribution in [0.1, 0.15) is 26.3 Å². The van der Waals surface area contributed by atoms with E-state index in [9.17, 15) is 29.7 Å². The summed E-state index contributed by atoms with van der Waals surface area (Å²) in [7, 11) is 0. The van der Waals surface area contributed by atoms with Gasteiger partial charge in [0, 0.05) is 11.3 Å². The van der Waals surface area contributed by atoms with Crippen molar-refractivity contribution in [1.82, 2.24) is 0 Å². The number of benzene rings is 2. The highest BCUT2D eigenvalue weighted by Crippen LogP contribution is 2.29. The topological polar surface area (TPSA) is 164 Å². The van der Waals surface area contributed by atoms with Crippen molar-refractivity contribution in [1.29, 1.82) is 0 Å². The van der Waals surface area contributed by atoms with Crippen molar-refractivity contribution in [2.24, 2.45) is 0 Å². The monoisotopic (exact) mass is 347 g/mol. The summed E-state index contributed by atoms with van der Waals surface area (Å²) in [6.45, 7) is 0. The van der Waals surface area contributed by atoms with E-state index in [2.05, 4.69) is 5.32 Å². The van der Waals surface area contributed by atoms with Gasteiger partial charge in [-0.15, -0.1) is 0 Å². The fourth-order valence-corrected chi connectivity index (χ4v) is 2.13. The predicted molar refractivity (Wildman–Crippen MR) is 84.1 cm³/mol. The lowest BCUT2D eigenvalue weighted by atomic mass is 10.0. The Morgan fingerprint density at radius 2 is 1.60 bits per heavy atom. The molecule has 9 heteroatoms. The molecule has 1 amide bonds. The number of carbonyl (C=O) groups is 3. The van der Waals surface area contributed by atoms with Gasteiger partial charge in [0.05, 0.1) is 12.0 Å². The first-order valence-corrected chi connectivity index (χ1v) is 6.83. The Morgan fingerprint density at radius 1 is 0.920 bits per heavy atom. The maximum atomic E-state index is 12.3. The highest BCUT2D eigenvalue weighted by molar-refractivity contribution is 6.07. The zero-order chi connectivity index (χ0) is 18.7. The van der Waals surface area contributed by atoms with Crippen LogP contribution in [-0.4, -0.2) is 43.4 Å². The Labute approximate surface area is 140 Å². The molecule has 9 nitrogen and oxygen atoms in total. The van der Waals surface area contributed by atoms with Gasteiger partial charge >= 0.3 is 11.9 Å². The number of carboxylic acids is 2. The zero-order valence-electron chi connectivity index (χ0n) is 12.6. The molecule has 0 aromatic heterocycles. The maximum Gasteiger partial charge on any atom is 0.339 e. The van der Waals surface area contributed by atoms with Crippen molar-refractivity contribution in [2.75, 3.05) is 5.32 Å². The second-order valence-electron chi connectivity index (χ2n) is 5.06. The van der Waals surface area contributed by atoms with E-state index in [4.69, 9.17) is 10.2 Å². The van der Waals surface area contributed by atoms with Crippen molar-refractivity contribution in [3.05, 3.63) is 47.0 Å². The predicted octanol–water partition coefficient (Wildman–Crippen LogP) is 1.38. The zero-order valence-corrected chi connectivity index (χ0v) is 12.6.